The fourth-order valence-electron chi connectivity index (χ4n) is 2.25. The van der Waals surface area contributed by atoms with Crippen molar-refractivity contribution >= 4 is 29.3 Å². The third-order valence-electron chi connectivity index (χ3n) is 3.36. The molecule has 24 heavy (non-hydrogen) atoms. The predicted octanol–water partition coefficient (Wildman–Crippen LogP) is 2.25. The zero-order chi connectivity index (χ0) is 17.1. The molecule has 0 N–H and O–H groups in total. The SMILES string of the molecule is Cc1nc(-c2ccccc2)c(C(=O)OCC(=O)N2CCOC2=O)s1. The molecule has 2 amide bonds. The number of hydrogen-bond acceptors (Lipinski definition) is 7. The van der Waals surface area contributed by atoms with E-state index in [1.165, 1.54) is 11.3 Å². The fraction of sp³-hybridized carbons (Fsp3) is 0.250. The van der Waals surface area contributed by atoms with Crippen LogP contribution in [-0.4, -0.2) is 47.6 Å². The Labute approximate surface area is 141 Å². The summed E-state index contributed by atoms with van der Waals surface area (Å²) >= 11 is 1.20. The smallest absolute Gasteiger partial charge is 0.416 e. The van der Waals surface area contributed by atoms with E-state index in [4.69, 9.17) is 4.74 Å². The molecule has 0 atom stereocenters. The van der Waals surface area contributed by atoms with Crippen molar-refractivity contribution in [2.24, 2.45) is 0 Å². The van der Waals surface area contributed by atoms with Gasteiger partial charge in [0.2, 0.25) is 0 Å². The molecule has 0 aliphatic carbocycles. The molecular formula is C16H14N2O5S. The number of aromatic nitrogens is 1. The Balaban J connectivity index is 1.72. The molecule has 2 aromatic rings. The summed E-state index contributed by atoms with van der Waals surface area (Å²) in [6.07, 6.45) is -0.713. The second-order valence-corrected chi connectivity index (χ2v) is 6.22. The van der Waals surface area contributed by atoms with E-state index < -0.39 is 24.6 Å². The molecule has 1 fully saturated rings. The number of ether oxygens (including phenoxy) is 2. The number of aryl methyl sites for hydroxylation is 1. The minimum Gasteiger partial charge on any atom is -0.451 e. The molecule has 0 bridgehead atoms. The summed E-state index contributed by atoms with van der Waals surface area (Å²) in [6.45, 7) is 1.60. The lowest BCUT2D eigenvalue weighted by molar-refractivity contribution is -0.131. The van der Waals surface area contributed by atoms with Crippen LogP contribution in [0.15, 0.2) is 30.3 Å². The Kier molecular flexibility index (Phi) is 4.57. The second kappa shape index (κ2) is 6.79. The summed E-state index contributed by atoms with van der Waals surface area (Å²) in [5.74, 6) is -1.24. The normalized spacial score (nSPS) is 13.7. The van der Waals surface area contributed by atoms with Gasteiger partial charge in [-0.15, -0.1) is 11.3 Å². The van der Waals surface area contributed by atoms with E-state index in [0.29, 0.717) is 10.6 Å². The Bertz CT molecular complexity index is 787. The van der Waals surface area contributed by atoms with Crippen LogP contribution in [0.4, 0.5) is 4.79 Å². The van der Waals surface area contributed by atoms with Gasteiger partial charge >= 0.3 is 12.1 Å². The standard InChI is InChI=1S/C16H14N2O5S/c1-10-17-13(11-5-3-2-4-6-11)14(24-10)15(20)23-9-12(19)18-7-8-22-16(18)21/h2-6H,7-9H2,1H3. The van der Waals surface area contributed by atoms with Crippen molar-refractivity contribution in [1.82, 2.24) is 9.88 Å². The van der Waals surface area contributed by atoms with Crippen molar-refractivity contribution < 1.29 is 23.9 Å². The summed E-state index contributed by atoms with van der Waals surface area (Å²) < 4.78 is 9.73. The lowest BCUT2D eigenvalue weighted by atomic mass is 10.1. The van der Waals surface area contributed by atoms with E-state index in [1.54, 1.807) is 6.92 Å². The monoisotopic (exact) mass is 346 g/mol. The van der Waals surface area contributed by atoms with Crippen LogP contribution in [-0.2, 0) is 14.3 Å². The quantitative estimate of drug-likeness (QED) is 0.789. The van der Waals surface area contributed by atoms with Crippen LogP contribution < -0.4 is 0 Å². The van der Waals surface area contributed by atoms with Gasteiger partial charge in [0.15, 0.2) is 6.61 Å². The predicted molar refractivity (Wildman–Crippen MR) is 85.6 cm³/mol. The molecule has 7 nitrogen and oxygen atoms in total. The van der Waals surface area contributed by atoms with Crippen LogP contribution in [0.3, 0.4) is 0 Å². The van der Waals surface area contributed by atoms with Crippen molar-refractivity contribution in [2.75, 3.05) is 19.8 Å². The fourth-order valence-corrected chi connectivity index (χ4v) is 3.08. The first-order valence-electron chi connectivity index (χ1n) is 7.23. The highest BCUT2D eigenvalue weighted by atomic mass is 32.1. The van der Waals surface area contributed by atoms with Crippen LogP contribution in [0.2, 0.25) is 0 Å². The molecule has 2 heterocycles. The molecule has 1 saturated heterocycles. The molecule has 0 unspecified atom stereocenters. The van der Waals surface area contributed by atoms with Gasteiger partial charge in [-0.2, -0.15) is 0 Å². The molecule has 1 aromatic carbocycles. The minimum atomic E-state index is -0.713. The number of nitrogens with zero attached hydrogens (tertiary/aromatic N) is 2. The summed E-state index contributed by atoms with van der Waals surface area (Å²) in [5.41, 5.74) is 1.32. The third kappa shape index (κ3) is 3.28. The van der Waals surface area contributed by atoms with Gasteiger partial charge in [0.05, 0.1) is 17.2 Å². The zero-order valence-electron chi connectivity index (χ0n) is 12.9. The van der Waals surface area contributed by atoms with Gasteiger partial charge in [-0.05, 0) is 6.92 Å². The first-order chi connectivity index (χ1) is 11.6. The highest BCUT2D eigenvalue weighted by molar-refractivity contribution is 7.14. The topological polar surface area (TPSA) is 85.8 Å². The average Bonchev–Trinajstić information content (AvgIpc) is 3.19. The zero-order valence-corrected chi connectivity index (χ0v) is 13.7. The van der Waals surface area contributed by atoms with E-state index in [1.807, 2.05) is 30.3 Å². The van der Waals surface area contributed by atoms with E-state index >= 15 is 0 Å². The molecule has 0 spiro atoms. The molecular weight excluding hydrogens is 332 g/mol. The number of hydrogen-bond donors (Lipinski definition) is 0. The van der Waals surface area contributed by atoms with Gasteiger partial charge in [-0.3, -0.25) is 4.79 Å². The van der Waals surface area contributed by atoms with E-state index in [9.17, 15) is 14.4 Å². The molecule has 1 aliphatic rings. The number of esters is 1. The van der Waals surface area contributed by atoms with Crippen molar-refractivity contribution in [1.29, 1.82) is 0 Å². The van der Waals surface area contributed by atoms with E-state index in [0.717, 1.165) is 15.5 Å². The molecule has 8 heteroatoms. The number of benzene rings is 1. The van der Waals surface area contributed by atoms with Crippen LogP contribution in [0.5, 0.6) is 0 Å². The number of carbonyl (C=O) groups excluding carboxylic acids is 3. The first-order valence-corrected chi connectivity index (χ1v) is 8.05. The van der Waals surface area contributed by atoms with Crippen molar-refractivity contribution in [3.63, 3.8) is 0 Å². The highest BCUT2D eigenvalue weighted by Crippen LogP contribution is 2.28. The van der Waals surface area contributed by atoms with Gasteiger partial charge < -0.3 is 9.47 Å². The van der Waals surface area contributed by atoms with Crippen molar-refractivity contribution in [3.8, 4) is 11.3 Å². The lowest BCUT2D eigenvalue weighted by Crippen LogP contribution is -2.35. The Hall–Kier alpha value is -2.74. The first kappa shape index (κ1) is 16.1. The molecule has 124 valence electrons. The van der Waals surface area contributed by atoms with Gasteiger partial charge in [-0.1, -0.05) is 30.3 Å². The maximum Gasteiger partial charge on any atom is 0.416 e. The minimum absolute atomic E-state index is 0.157. The van der Waals surface area contributed by atoms with Crippen molar-refractivity contribution in [2.45, 2.75) is 6.92 Å². The number of amides is 2. The number of cyclic esters (lactones) is 1. The average molecular weight is 346 g/mol. The summed E-state index contributed by atoms with van der Waals surface area (Å²) in [5, 5.41) is 0.718. The number of carbonyl (C=O) groups is 3. The highest BCUT2D eigenvalue weighted by Gasteiger charge is 2.29. The largest absolute Gasteiger partial charge is 0.451 e. The Morgan fingerprint density at radius 3 is 2.75 bits per heavy atom. The van der Waals surface area contributed by atoms with Crippen LogP contribution in [0.1, 0.15) is 14.7 Å². The summed E-state index contributed by atoms with van der Waals surface area (Å²) in [7, 11) is 0. The van der Waals surface area contributed by atoms with Gasteiger partial charge in [0.1, 0.15) is 11.5 Å². The number of imide groups is 1. The Morgan fingerprint density at radius 2 is 2.08 bits per heavy atom. The van der Waals surface area contributed by atoms with Crippen LogP contribution in [0.25, 0.3) is 11.3 Å². The Morgan fingerprint density at radius 1 is 1.33 bits per heavy atom. The lowest BCUT2D eigenvalue weighted by Gasteiger charge is -2.10. The van der Waals surface area contributed by atoms with Crippen LogP contribution in [0, 0.1) is 6.92 Å². The number of rotatable bonds is 4. The summed E-state index contributed by atoms with van der Waals surface area (Å²) in [4.78, 5) is 41.1. The molecule has 0 radical (unpaired) electrons. The van der Waals surface area contributed by atoms with E-state index in [2.05, 4.69) is 9.72 Å². The second-order valence-electron chi connectivity index (χ2n) is 5.01. The maximum absolute atomic E-state index is 12.3. The van der Waals surface area contributed by atoms with Gasteiger partial charge in [0, 0.05) is 5.56 Å². The molecule has 1 aromatic heterocycles. The van der Waals surface area contributed by atoms with Gasteiger partial charge in [-0.25, -0.2) is 19.5 Å². The molecule has 1 aliphatic heterocycles. The molecule has 3 rings (SSSR count). The van der Waals surface area contributed by atoms with Gasteiger partial charge in [0.25, 0.3) is 5.91 Å². The summed E-state index contributed by atoms with van der Waals surface area (Å²) in [6, 6.07) is 9.26. The maximum atomic E-state index is 12.3. The molecule has 0 saturated carbocycles. The number of thiazole rings is 1. The van der Waals surface area contributed by atoms with Crippen LogP contribution >= 0.6 is 11.3 Å². The van der Waals surface area contributed by atoms with E-state index in [-0.39, 0.29) is 13.2 Å². The third-order valence-corrected chi connectivity index (χ3v) is 4.31. The van der Waals surface area contributed by atoms with Crippen molar-refractivity contribution in [3.05, 3.63) is 40.2 Å².